The van der Waals surface area contributed by atoms with Crippen molar-refractivity contribution in [3.8, 4) is 5.75 Å². The largest absolute Gasteiger partial charge is 0.467 e. The molecule has 7 nitrogen and oxygen atoms in total. The number of aryl methyl sites for hydroxylation is 1. The number of halogens is 1. The topological polar surface area (TPSA) is 94.1 Å². The second kappa shape index (κ2) is 12.7. The minimum atomic E-state index is -1.45. The molecular formula is C26H32ClNO6. The molecule has 0 spiro atoms. The summed E-state index contributed by atoms with van der Waals surface area (Å²) in [5.74, 6) is -1.11. The predicted octanol–water partition coefficient (Wildman–Crippen LogP) is 3.78. The van der Waals surface area contributed by atoms with E-state index in [2.05, 4.69) is 5.32 Å². The smallest absolute Gasteiger partial charge is 0.359 e. The number of carbonyl (C=O) groups excluding carboxylic acids is 2. The van der Waals surface area contributed by atoms with Gasteiger partial charge in [-0.05, 0) is 80.5 Å². The molecule has 3 rings (SSSR count). The van der Waals surface area contributed by atoms with Crippen molar-refractivity contribution < 1.29 is 28.9 Å². The van der Waals surface area contributed by atoms with Gasteiger partial charge in [-0.2, -0.15) is 0 Å². The van der Waals surface area contributed by atoms with Crippen molar-refractivity contribution in [1.82, 2.24) is 5.32 Å². The molecule has 0 aromatic heterocycles. The Morgan fingerprint density at radius 1 is 1.09 bits per heavy atom. The zero-order valence-electron chi connectivity index (χ0n) is 19.6. The van der Waals surface area contributed by atoms with Crippen LogP contribution in [0.4, 0.5) is 0 Å². The highest BCUT2D eigenvalue weighted by Crippen LogP contribution is 2.26. The molecule has 2 aromatic rings. The van der Waals surface area contributed by atoms with Gasteiger partial charge in [0, 0.05) is 17.6 Å². The summed E-state index contributed by atoms with van der Waals surface area (Å²) in [6.45, 7) is 4.05. The van der Waals surface area contributed by atoms with E-state index in [-0.39, 0.29) is 19.3 Å². The number of carbonyl (C=O) groups is 2. The molecule has 8 heteroatoms. The summed E-state index contributed by atoms with van der Waals surface area (Å²) in [7, 11) is 0. The highest BCUT2D eigenvalue weighted by Gasteiger charge is 2.32. The summed E-state index contributed by atoms with van der Waals surface area (Å²) in [5, 5.41) is 14.6. The maximum Gasteiger partial charge on any atom is 0.359 e. The summed E-state index contributed by atoms with van der Waals surface area (Å²) < 4.78 is 15.7. The third-order valence-electron chi connectivity index (χ3n) is 5.73. The molecular weight excluding hydrogens is 458 g/mol. The highest BCUT2D eigenvalue weighted by molar-refractivity contribution is 6.30. The molecule has 34 heavy (non-hydrogen) atoms. The third-order valence-corrected chi connectivity index (χ3v) is 5.97. The number of aliphatic hydroxyl groups excluding tert-OH is 1. The van der Waals surface area contributed by atoms with Crippen molar-refractivity contribution in [3.63, 3.8) is 0 Å². The first kappa shape index (κ1) is 26.0. The standard InChI is InChI=1S/C26H32ClNO6/c1-3-32-25(30)24(26(31)33-4-2)34-22-12-11-18-14-21(10-6-7-17(18)15-22)28-16-23(29)19-8-5-9-20(27)13-19/h5,8-9,11-13,15,21,23-24,28-29H,3-4,6-7,10,14,16H2,1-2H3. The molecule has 1 aliphatic carbocycles. The van der Waals surface area contributed by atoms with Gasteiger partial charge in [-0.15, -0.1) is 0 Å². The lowest BCUT2D eigenvalue weighted by Crippen LogP contribution is -2.38. The quantitative estimate of drug-likeness (QED) is 0.298. The van der Waals surface area contributed by atoms with E-state index in [1.54, 1.807) is 32.0 Å². The van der Waals surface area contributed by atoms with Gasteiger partial charge in [0.2, 0.25) is 0 Å². The lowest BCUT2D eigenvalue weighted by molar-refractivity contribution is -0.166. The van der Waals surface area contributed by atoms with Crippen LogP contribution in [0.5, 0.6) is 5.75 Å². The summed E-state index contributed by atoms with van der Waals surface area (Å²) in [4.78, 5) is 24.4. The molecule has 0 saturated heterocycles. The molecule has 2 atom stereocenters. The minimum Gasteiger partial charge on any atom is -0.467 e. The average Bonchev–Trinajstić information content (AvgIpc) is 3.02. The van der Waals surface area contributed by atoms with Crippen LogP contribution in [0.3, 0.4) is 0 Å². The Morgan fingerprint density at radius 3 is 2.50 bits per heavy atom. The number of ether oxygens (including phenoxy) is 3. The van der Waals surface area contributed by atoms with Crippen molar-refractivity contribution in [1.29, 1.82) is 0 Å². The Labute approximate surface area is 205 Å². The molecule has 0 amide bonds. The zero-order chi connectivity index (χ0) is 24.5. The van der Waals surface area contributed by atoms with Crippen molar-refractivity contribution in [3.05, 3.63) is 64.2 Å². The van der Waals surface area contributed by atoms with E-state index < -0.39 is 24.1 Å². The van der Waals surface area contributed by atoms with E-state index in [0.717, 1.165) is 36.8 Å². The average molecular weight is 490 g/mol. The molecule has 0 aliphatic heterocycles. The normalized spacial score (nSPS) is 16.3. The number of aliphatic hydroxyl groups is 1. The van der Waals surface area contributed by atoms with Gasteiger partial charge in [0.25, 0.3) is 6.10 Å². The van der Waals surface area contributed by atoms with Gasteiger partial charge in [-0.1, -0.05) is 29.8 Å². The predicted molar refractivity (Wildman–Crippen MR) is 129 cm³/mol. The minimum absolute atomic E-state index is 0.142. The van der Waals surface area contributed by atoms with Gasteiger partial charge >= 0.3 is 11.9 Å². The number of nitrogens with one attached hydrogen (secondary N) is 1. The Bertz CT molecular complexity index is 964. The fraction of sp³-hybridized carbons (Fsp3) is 0.462. The monoisotopic (exact) mass is 489 g/mol. The molecule has 0 saturated carbocycles. The van der Waals surface area contributed by atoms with Gasteiger partial charge in [0.1, 0.15) is 5.75 Å². The van der Waals surface area contributed by atoms with E-state index in [1.165, 1.54) is 5.56 Å². The lowest BCUT2D eigenvalue weighted by atomic mass is 10.0. The molecule has 2 unspecified atom stereocenters. The van der Waals surface area contributed by atoms with Gasteiger partial charge in [0.15, 0.2) is 0 Å². The van der Waals surface area contributed by atoms with Crippen LogP contribution < -0.4 is 10.1 Å². The summed E-state index contributed by atoms with van der Waals surface area (Å²) in [5.41, 5.74) is 3.07. The number of fused-ring (bicyclic) bond motifs is 1. The van der Waals surface area contributed by atoms with Crippen molar-refractivity contribution in [2.45, 2.75) is 57.8 Å². The Hall–Kier alpha value is -2.61. The number of rotatable bonds is 10. The van der Waals surface area contributed by atoms with Crippen LogP contribution in [0.1, 0.15) is 49.5 Å². The molecule has 184 valence electrons. The molecule has 0 fully saturated rings. The van der Waals surface area contributed by atoms with E-state index in [0.29, 0.717) is 17.3 Å². The molecule has 2 N–H and O–H groups in total. The van der Waals surface area contributed by atoms with Crippen LogP contribution >= 0.6 is 11.6 Å². The van der Waals surface area contributed by atoms with E-state index >= 15 is 0 Å². The Balaban J connectivity index is 1.64. The van der Waals surface area contributed by atoms with E-state index in [1.807, 2.05) is 24.3 Å². The Morgan fingerprint density at radius 2 is 1.82 bits per heavy atom. The van der Waals surface area contributed by atoms with Crippen LogP contribution in [0.25, 0.3) is 0 Å². The number of esters is 2. The fourth-order valence-electron chi connectivity index (χ4n) is 4.06. The van der Waals surface area contributed by atoms with Crippen molar-refractivity contribution in [2.75, 3.05) is 19.8 Å². The first-order valence-electron chi connectivity index (χ1n) is 11.7. The van der Waals surface area contributed by atoms with Crippen LogP contribution in [0.15, 0.2) is 42.5 Å². The highest BCUT2D eigenvalue weighted by atomic mass is 35.5. The van der Waals surface area contributed by atoms with Crippen LogP contribution in [0.2, 0.25) is 5.02 Å². The summed E-state index contributed by atoms with van der Waals surface area (Å²) in [6.07, 6.45) is 1.48. The maximum absolute atomic E-state index is 12.2. The SMILES string of the molecule is CCOC(=O)C(Oc1ccc2c(c1)CCCC(NCC(O)c1cccc(Cl)c1)C2)C(=O)OCC. The van der Waals surface area contributed by atoms with Crippen molar-refractivity contribution >= 4 is 23.5 Å². The van der Waals surface area contributed by atoms with Gasteiger partial charge in [-0.25, -0.2) is 9.59 Å². The van der Waals surface area contributed by atoms with Gasteiger partial charge < -0.3 is 24.6 Å². The third kappa shape index (κ3) is 7.19. The molecule has 1 aliphatic rings. The first-order chi connectivity index (χ1) is 16.4. The van der Waals surface area contributed by atoms with Gasteiger partial charge in [-0.3, -0.25) is 0 Å². The number of hydrogen-bond acceptors (Lipinski definition) is 7. The first-order valence-corrected chi connectivity index (χ1v) is 12.1. The van der Waals surface area contributed by atoms with Crippen molar-refractivity contribution in [2.24, 2.45) is 0 Å². The molecule has 0 radical (unpaired) electrons. The lowest BCUT2D eigenvalue weighted by Gasteiger charge is -2.20. The second-order valence-electron chi connectivity index (χ2n) is 8.20. The van der Waals surface area contributed by atoms with Crippen LogP contribution in [-0.4, -0.2) is 48.9 Å². The summed E-state index contributed by atoms with van der Waals surface area (Å²) in [6, 6.07) is 13.1. The molecule has 0 heterocycles. The maximum atomic E-state index is 12.2. The zero-order valence-corrected chi connectivity index (χ0v) is 20.3. The van der Waals surface area contributed by atoms with Crippen LogP contribution in [-0.2, 0) is 31.9 Å². The van der Waals surface area contributed by atoms with E-state index in [4.69, 9.17) is 25.8 Å². The Kier molecular flexibility index (Phi) is 9.74. The fourth-order valence-corrected chi connectivity index (χ4v) is 4.26. The molecule has 0 bridgehead atoms. The number of benzene rings is 2. The number of hydrogen-bond donors (Lipinski definition) is 2. The van der Waals surface area contributed by atoms with Gasteiger partial charge in [0.05, 0.1) is 19.3 Å². The van der Waals surface area contributed by atoms with E-state index in [9.17, 15) is 14.7 Å². The molecule has 2 aromatic carbocycles. The van der Waals surface area contributed by atoms with Crippen LogP contribution in [0, 0.1) is 0 Å². The summed E-state index contributed by atoms with van der Waals surface area (Å²) >= 11 is 6.03. The second-order valence-corrected chi connectivity index (χ2v) is 8.64.